The molecule has 3 aromatic carbocycles. The Morgan fingerprint density at radius 1 is 0.969 bits per heavy atom. The average Bonchev–Trinajstić information content (AvgIpc) is 3.30. The topological polar surface area (TPSA) is 69.3 Å². The van der Waals surface area contributed by atoms with Crippen LogP contribution in [0.25, 0.3) is 11.0 Å². The maximum atomic E-state index is 13.3. The van der Waals surface area contributed by atoms with Crippen molar-refractivity contribution in [2.45, 2.75) is 19.0 Å². The zero-order valence-electron chi connectivity index (χ0n) is 17.6. The lowest BCUT2D eigenvalue weighted by Crippen LogP contribution is -2.58. The number of hydrogen-bond acceptors (Lipinski definition) is 3. The van der Waals surface area contributed by atoms with Gasteiger partial charge >= 0.3 is 0 Å². The molecule has 0 aliphatic carbocycles. The van der Waals surface area contributed by atoms with E-state index < -0.39 is 0 Å². The minimum absolute atomic E-state index is 0.0322. The first kappa shape index (κ1) is 20.0. The van der Waals surface area contributed by atoms with Crippen LogP contribution in [0, 0.1) is 0 Å². The highest BCUT2D eigenvalue weighted by atomic mass is 16.2. The standard InChI is InChI=1S/C26H24N4O2/c31-25-17-29(26(32)21-11-12-23-24(14-21)28-18-27-23)16-22(13-19-7-3-1-4-8-19)30(25)15-20-9-5-2-6-10-20/h1-12,14,18,22H,13,15-17H2,(H,27,28)/t22-/m0/s1. The highest BCUT2D eigenvalue weighted by Crippen LogP contribution is 2.21. The monoisotopic (exact) mass is 424 g/mol. The Hall–Kier alpha value is -3.93. The summed E-state index contributed by atoms with van der Waals surface area (Å²) in [6.07, 6.45) is 2.31. The lowest BCUT2D eigenvalue weighted by Gasteiger charge is -2.41. The highest BCUT2D eigenvalue weighted by molar-refractivity contribution is 5.99. The summed E-state index contributed by atoms with van der Waals surface area (Å²) in [5.74, 6) is -0.170. The number of H-pyrrole nitrogens is 1. The molecule has 1 aromatic heterocycles. The first-order valence-electron chi connectivity index (χ1n) is 10.8. The van der Waals surface area contributed by atoms with Crippen molar-refractivity contribution in [3.05, 3.63) is 102 Å². The molecule has 2 amide bonds. The minimum atomic E-state index is -0.138. The normalized spacial score (nSPS) is 16.5. The van der Waals surface area contributed by atoms with E-state index in [4.69, 9.17) is 0 Å². The van der Waals surface area contributed by atoms with Gasteiger partial charge in [0.25, 0.3) is 5.91 Å². The molecule has 6 nitrogen and oxygen atoms in total. The van der Waals surface area contributed by atoms with Crippen molar-refractivity contribution in [2.24, 2.45) is 0 Å². The molecular weight excluding hydrogens is 400 g/mol. The van der Waals surface area contributed by atoms with E-state index >= 15 is 0 Å². The average molecular weight is 425 g/mol. The fourth-order valence-corrected chi connectivity index (χ4v) is 4.34. The summed E-state index contributed by atoms with van der Waals surface area (Å²) in [5, 5.41) is 0. The number of carbonyl (C=O) groups is 2. The largest absolute Gasteiger partial charge is 0.345 e. The van der Waals surface area contributed by atoms with Crippen LogP contribution in [-0.2, 0) is 17.8 Å². The van der Waals surface area contributed by atoms with Crippen LogP contribution in [0.3, 0.4) is 0 Å². The first-order valence-corrected chi connectivity index (χ1v) is 10.8. The summed E-state index contributed by atoms with van der Waals surface area (Å²) in [5.41, 5.74) is 4.41. The summed E-state index contributed by atoms with van der Waals surface area (Å²) < 4.78 is 0. The van der Waals surface area contributed by atoms with Crippen LogP contribution in [-0.4, -0.2) is 50.7 Å². The number of benzene rings is 3. The van der Waals surface area contributed by atoms with Crippen LogP contribution in [0.4, 0.5) is 0 Å². The maximum Gasteiger partial charge on any atom is 0.254 e. The molecule has 1 saturated heterocycles. The number of aromatic nitrogens is 2. The van der Waals surface area contributed by atoms with Crippen LogP contribution in [0.15, 0.2) is 85.2 Å². The quantitative estimate of drug-likeness (QED) is 0.532. The SMILES string of the molecule is O=C(c1ccc2[nH]cnc2c1)N1CC(=O)N(Cc2ccccc2)[C@@H](Cc2ccccc2)C1. The summed E-state index contributed by atoms with van der Waals surface area (Å²) in [6, 6.07) is 25.4. The van der Waals surface area contributed by atoms with Crippen molar-refractivity contribution in [1.82, 2.24) is 19.8 Å². The van der Waals surface area contributed by atoms with Crippen molar-refractivity contribution in [2.75, 3.05) is 13.1 Å². The Morgan fingerprint density at radius 2 is 1.69 bits per heavy atom. The third-order valence-electron chi connectivity index (χ3n) is 5.98. The molecule has 1 aliphatic rings. The number of hydrogen-bond donors (Lipinski definition) is 1. The zero-order chi connectivity index (χ0) is 21.9. The van der Waals surface area contributed by atoms with Crippen LogP contribution in [0.2, 0.25) is 0 Å². The van der Waals surface area contributed by atoms with E-state index in [9.17, 15) is 9.59 Å². The van der Waals surface area contributed by atoms with Gasteiger partial charge in [-0.25, -0.2) is 4.98 Å². The van der Waals surface area contributed by atoms with Gasteiger partial charge in [-0.15, -0.1) is 0 Å². The molecule has 6 heteroatoms. The summed E-state index contributed by atoms with van der Waals surface area (Å²) >= 11 is 0. The van der Waals surface area contributed by atoms with E-state index in [1.807, 2.05) is 59.5 Å². The van der Waals surface area contributed by atoms with Crippen LogP contribution in [0.5, 0.6) is 0 Å². The van der Waals surface area contributed by atoms with E-state index in [0.717, 1.165) is 22.2 Å². The molecule has 160 valence electrons. The minimum Gasteiger partial charge on any atom is -0.345 e. The fourth-order valence-electron chi connectivity index (χ4n) is 4.34. The molecule has 0 spiro atoms. The zero-order valence-corrected chi connectivity index (χ0v) is 17.6. The van der Waals surface area contributed by atoms with Gasteiger partial charge in [0.1, 0.15) is 6.54 Å². The number of rotatable bonds is 5. The van der Waals surface area contributed by atoms with Gasteiger partial charge in [-0.1, -0.05) is 60.7 Å². The summed E-state index contributed by atoms with van der Waals surface area (Å²) in [4.78, 5) is 37.4. The Kier molecular flexibility index (Phi) is 5.42. The molecule has 1 aliphatic heterocycles. The molecule has 32 heavy (non-hydrogen) atoms. The molecule has 0 unspecified atom stereocenters. The van der Waals surface area contributed by atoms with Crippen molar-refractivity contribution in [3.8, 4) is 0 Å². The first-order chi connectivity index (χ1) is 15.7. The van der Waals surface area contributed by atoms with E-state index in [0.29, 0.717) is 25.1 Å². The summed E-state index contributed by atoms with van der Waals surface area (Å²) in [7, 11) is 0. The van der Waals surface area contributed by atoms with Gasteiger partial charge < -0.3 is 14.8 Å². The number of nitrogens with zero attached hydrogens (tertiary/aromatic N) is 3. The van der Waals surface area contributed by atoms with Gasteiger partial charge in [0.15, 0.2) is 0 Å². The predicted octanol–water partition coefficient (Wildman–Crippen LogP) is 3.66. The molecule has 2 heterocycles. The lowest BCUT2D eigenvalue weighted by molar-refractivity contribution is -0.139. The number of carbonyl (C=O) groups excluding carboxylic acids is 2. The molecule has 0 saturated carbocycles. The van der Waals surface area contributed by atoms with E-state index in [-0.39, 0.29) is 24.4 Å². The molecule has 0 bridgehead atoms. The number of amides is 2. The number of aromatic amines is 1. The number of piperazine rings is 1. The van der Waals surface area contributed by atoms with Gasteiger partial charge in [-0.05, 0) is 35.7 Å². The van der Waals surface area contributed by atoms with Crippen molar-refractivity contribution >= 4 is 22.8 Å². The lowest BCUT2D eigenvalue weighted by atomic mass is 10.00. The molecule has 1 fully saturated rings. The van der Waals surface area contributed by atoms with Gasteiger partial charge in [0.2, 0.25) is 5.91 Å². The van der Waals surface area contributed by atoms with Gasteiger partial charge in [0, 0.05) is 18.7 Å². The maximum absolute atomic E-state index is 13.3. The predicted molar refractivity (Wildman–Crippen MR) is 123 cm³/mol. The molecule has 1 N–H and O–H groups in total. The molecular formula is C26H24N4O2. The molecule has 1 atom stereocenters. The third-order valence-corrected chi connectivity index (χ3v) is 5.98. The van der Waals surface area contributed by atoms with Gasteiger partial charge in [-0.2, -0.15) is 0 Å². The second-order valence-corrected chi connectivity index (χ2v) is 8.17. The Bertz CT molecular complexity index is 1240. The van der Waals surface area contributed by atoms with Crippen molar-refractivity contribution in [1.29, 1.82) is 0 Å². The molecule has 4 aromatic rings. The molecule has 0 radical (unpaired) electrons. The van der Waals surface area contributed by atoms with Crippen molar-refractivity contribution in [3.63, 3.8) is 0 Å². The fraction of sp³-hybridized carbons (Fsp3) is 0.192. The Balaban J connectivity index is 1.41. The number of nitrogens with one attached hydrogen (secondary N) is 1. The van der Waals surface area contributed by atoms with Gasteiger partial charge in [0.05, 0.1) is 23.4 Å². The number of fused-ring (bicyclic) bond motifs is 1. The summed E-state index contributed by atoms with van der Waals surface area (Å²) in [6.45, 7) is 1.11. The van der Waals surface area contributed by atoms with Crippen molar-refractivity contribution < 1.29 is 9.59 Å². The van der Waals surface area contributed by atoms with Crippen LogP contribution >= 0.6 is 0 Å². The second-order valence-electron chi connectivity index (χ2n) is 8.17. The van der Waals surface area contributed by atoms with E-state index in [1.54, 1.807) is 23.4 Å². The van der Waals surface area contributed by atoms with E-state index in [2.05, 4.69) is 22.1 Å². The Labute approximate surface area is 186 Å². The van der Waals surface area contributed by atoms with Crippen LogP contribution < -0.4 is 0 Å². The van der Waals surface area contributed by atoms with E-state index in [1.165, 1.54) is 0 Å². The second kappa shape index (κ2) is 8.67. The molecule has 5 rings (SSSR count). The Morgan fingerprint density at radius 3 is 2.44 bits per heavy atom. The smallest absolute Gasteiger partial charge is 0.254 e. The van der Waals surface area contributed by atoms with Gasteiger partial charge in [-0.3, -0.25) is 9.59 Å². The third kappa shape index (κ3) is 4.12. The highest BCUT2D eigenvalue weighted by Gasteiger charge is 2.35. The van der Waals surface area contributed by atoms with Crippen LogP contribution in [0.1, 0.15) is 21.5 Å². The number of imidazole rings is 1.